The number of nitrogens with one attached hydrogen (secondary N) is 1. The van der Waals surface area contributed by atoms with Gasteiger partial charge in [0.25, 0.3) is 0 Å². The molecule has 0 saturated carbocycles. The van der Waals surface area contributed by atoms with Crippen LogP contribution in [-0.2, 0) is 0 Å². The molecule has 2 heteroatoms. The summed E-state index contributed by atoms with van der Waals surface area (Å²) in [6, 6.07) is 4.59. The summed E-state index contributed by atoms with van der Waals surface area (Å²) in [5.74, 6) is 0.627. The lowest BCUT2D eigenvalue weighted by molar-refractivity contribution is 0.230. The molecule has 1 aliphatic rings. The van der Waals surface area contributed by atoms with Gasteiger partial charge in [-0.15, -0.1) is 0 Å². The van der Waals surface area contributed by atoms with Crippen molar-refractivity contribution in [3.05, 3.63) is 34.4 Å². The van der Waals surface area contributed by atoms with Crippen molar-refractivity contribution >= 4 is 0 Å². The minimum absolute atomic E-state index is 0.627. The first-order valence-electron chi connectivity index (χ1n) is 7.09. The molecule has 0 bridgehead atoms. The second-order valence-electron chi connectivity index (χ2n) is 5.67. The molecule has 1 saturated heterocycles. The van der Waals surface area contributed by atoms with Crippen LogP contribution >= 0.6 is 0 Å². The first kappa shape index (κ1) is 13.6. The highest BCUT2D eigenvalue weighted by Crippen LogP contribution is 2.25. The van der Waals surface area contributed by atoms with Crippen molar-refractivity contribution < 1.29 is 0 Å². The van der Waals surface area contributed by atoms with Crippen molar-refractivity contribution in [2.24, 2.45) is 0 Å². The Morgan fingerprint density at radius 2 is 1.78 bits per heavy atom. The quantitative estimate of drug-likeness (QED) is 0.882. The Kier molecular flexibility index (Phi) is 4.41. The Morgan fingerprint density at radius 1 is 1.11 bits per heavy atom. The number of rotatable bonds is 3. The van der Waals surface area contributed by atoms with E-state index >= 15 is 0 Å². The topological polar surface area (TPSA) is 15.3 Å². The third-order valence-electron chi connectivity index (χ3n) is 4.37. The first-order valence-corrected chi connectivity index (χ1v) is 7.09. The Labute approximate surface area is 111 Å². The second kappa shape index (κ2) is 5.85. The molecule has 1 heterocycles. The first-order chi connectivity index (χ1) is 8.59. The Balaban J connectivity index is 2.08. The van der Waals surface area contributed by atoms with Crippen molar-refractivity contribution in [2.75, 3.05) is 32.7 Å². The van der Waals surface area contributed by atoms with Crippen molar-refractivity contribution in [1.29, 1.82) is 0 Å². The summed E-state index contributed by atoms with van der Waals surface area (Å²) in [5.41, 5.74) is 5.87. The molecule has 1 aliphatic heterocycles. The van der Waals surface area contributed by atoms with Gasteiger partial charge in [-0.3, -0.25) is 0 Å². The lowest BCUT2D eigenvalue weighted by Gasteiger charge is -2.30. The SMILES string of the molecule is Cc1ccc(C(C)CN2CCNCC2)c(C)c1C. The average Bonchev–Trinajstić information content (AvgIpc) is 2.37. The van der Waals surface area contributed by atoms with Gasteiger partial charge in [-0.1, -0.05) is 19.1 Å². The maximum absolute atomic E-state index is 3.41. The van der Waals surface area contributed by atoms with E-state index in [1.165, 1.54) is 41.9 Å². The monoisotopic (exact) mass is 246 g/mol. The smallest absolute Gasteiger partial charge is 0.0108 e. The van der Waals surface area contributed by atoms with Crippen LogP contribution in [0.1, 0.15) is 35.1 Å². The summed E-state index contributed by atoms with van der Waals surface area (Å²) >= 11 is 0. The van der Waals surface area contributed by atoms with Gasteiger partial charge in [-0.25, -0.2) is 0 Å². The molecular weight excluding hydrogens is 220 g/mol. The molecular formula is C16H26N2. The van der Waals surface area contributed by atoms with E-state index < -0.39 is 0 Å². The van der Waals surface area contributed by atoms with Gasteiger partial charge in [0, 0.05) is 32.7 Å². The van der Waals surface area contributed by atoms with Gasteiger partial charge in [0.05, 0.1) is 0 Å². The molecule has 18 heavy (non-hydrogen) atoms. The fourth-order valence-corrected chi connectivity index (χ4v) is 2.89. The van der Waals surface area contributed by atoms with Crippen molar-refractivity contribution in [2.45, 2.75) is 33.6 Å². The van der Waals surface area contributed by atoms with Gasteiger partial charge in [0.1, 0.15) is 0 Å². The molecule has 0 spiro atoms. The molecule has 100 valence electrons. The van der Waals surface area contributed by atoms with E-state index in [0.29, 0.717) is 5.92 Å². The fourth-order valence-electron chi connectivity index (χ4n) is 2.89. The number of hydrogen-bond donors (Lipinski definition) is 1. The number of hydrogen-bond acceptors (Lipinski definition) is 2. The Bertz CT molecular complexity index is 406. The van der Waals surface area contributed by atoms with E-state index in [1.807, 2.05) is 0 Å². The molecule has 1 aromatic rings. The molecule has 0 amide bonds. The minimum atomic E-state index is 0.627. The maximum Gasteiger partial charge on any atom is 0.0108 e. The lowest BCUT2D eigenvalue weighted by atomic mass is 9.91. The molecule has 0 aromatic heterocycles. The Hall–Kier alpha value is -0.860. The van der Waals surface area contributed by atoms with Crippen LogP contribution in [-0.4, -0.2) is 37.6 Å². The predicted molar refractivity (Wildman–Crippen MR) is 78.4 cm³/mol. The van der Waals surface area contributed by atoms with Crippen LogP contribution in [0.4, 0.5) is 0 Å². The summed E-state index contributed by atoms with van der Waals surface area (Å²) < 4.78 is 0. The van der Waals surface area contributed by atoms with Crippen LogP contribution in [0.3, 0.4) is 0 Å². The van der Waals surface area contributed by atoms with Crippen LogP contribution in [0.25, 0.3) is 0 Å². The summed E-state index contributed by atoms with van der Waals surface area (Å²) in [6.45, 7) is 14.9. The zero-order chi connectivity index (χ0) is 13.1. The summed E-state index contributed by atoms with van der Waals surface area (Å²) in [7, 11) is 0. The molecule has 0 aliphatic carbocycles. The number of nitrogens with zero attached hydrogens (tertiary/aromatic N) is 1. The molecule has 0 radical (unpaired) electrons. The van der Waals surface area contributed by atoms with Crippen LogP contribution < -0.4 is 5.32 Å². The summed E-state index contributed by atoms with van der Waals surface area (Å²) in [4.78, 5) is 2.58. The molecule has 2 nitrogen and oxygen atoms in total. The van der Waals surface area contributed by atoms with E-state index in [0.717, 1.165) is 13.1 Å². The van der Waals surface area contributed by atoms with Crippen LogP contribution in [0.2, 0.25) is 0 Å². The van der Waals surface area contributed by atoms with E-state index in [1.54, 1.807) is 0 Å². The zero-order valence-electron chi connectivity index (χ0n) is 12.2. The van der Waals surface area contributed by atoms with Crippen molar-refractivity contribution in [3.8, 4) is 0 Å². The van der Waals surface area contributed by atoms with Gasteiger partial charge in [-0.2, -0.15) is 0 Å². The normalized spacial score (nSPS) is 18.9. The van der Waals surface area contributed by atoms with Crippen LogP contribution in [0, 0.1) is 20.8 Å². The fraction of sp³-hybridized carbons (Fsp3) is 0.625. The second-order valence-corrected chi connectivity index (χ2v) is 5.67. The van der Waals surface area contributed by atoms with Gasteiger partial charge >= 0.3 is 0 Å². The number of aryl methyl sites for hydroxylation is 1. The predicted octanol–water partition coefficient (Wildman–Crippen LogP) is 2.62. The van der Waals surface area contributed by atoms with Crippen LogP contribution in [0.15, 0.2) is 12.1 Å². The minimum Gasteiger partial charge on any atom is -0.314 e. The molecule has 1 N–H and O–H groups in total. The van der Waals surface area contributed by atoms with Crippen molar-refractivity contribution in [1.82, 2.24) is 10.2 Å². The summed E-state index contributed by atoms with van der Waals surface area (Å²) in [6.07, 6.45) is 0. The number of benzene rings is 1. The standard InChI is InChI=1S/C16H26N2/c1-12-5-6-16(15(4)14(12)3)13(2)11-18-9-7-17-8-10-18/h5-6,13,17H,7-11H2,1-4H3. The Morgan fingerprint density at radius 3 is 2.44 bits per heavy atom. The van der Waals surface area contributed by atoms with Crippen LogP contribution in [0.5, 0.6) is 0 Å². The molecule has 1 atom stereocenters. The third kappa shape index (κ3) is 2.93. The molecule has 1 unspecified atom stereocenters. The van der Waals surface area contributed by atoms with Gasteiger partial charge in [0.15, 0.2) is 0 Å². The van der Waals surface area contributed by atoms with Gasteiger partial charge < -0.3 is 10.2 Å². The van der Waals surface area contributed by atoms with E-state index in [9.17, 15) is 0 Å². The largest absolute Gasteiger partial charge is 0.314 e. The lowest BCUT2D eigenvalue weighted by Crippen LogP contribution is -2.44. The van der Waals surface area contributed by atoms with Gasteiger partial charge in [-0.05, 0) is 48.9 Å². The maximum atomic E-state index is 3.41. The molecule has 1 fully saturated rings. The van der Waals surface area contributed by atoms with E-state index in [-0.39, 0.29) is 0 Å². The van der Waals surface area contributed by atoms with E-state index in [4.69, 9.17) is 0 Å². The average molecular weight is 246 g/mol. The highest BCUT2D eigenvalue weighted by molar-refractivity contribution is 5.40. The van der Waals surface area contributed by atoms with Crippen molar-refractivity contribution in [3.63, 3.8) is 0 Å². The third-order valence-corrected chi connectivity index (χ3v) is 4.37. The highest BCUT2D eigenvalue weighted by Gasteiger charge is 2.16. The molecule has 2 rings (SSSR count). The highest BCUT2D eigenvalue weighted by atomic mass is 15.2. The zero-order valence-corrected chi connectivity index (χ0v) is 12.2. The summed E-state index contributed by atoms with van der Waals surface area (Å²) in [5, 5.41) is 3.41. The van der Waals surface area contributed by atoms with E-state index in [2.05, 4.69) is 50.0 Å². The van der Waals surface area contributed by atoms with Gasteiger partial charge in [0.2, 0.25) is 0 Å². The molecule has 1 aromatic carbocycles. The number of piperazine rings is 1.